The van der Waals surface area contributed by atoms with Gasteiger partial charge in [-0.25, -0.2) is 0 Å². The Balaban J connectivity index is 2.78. The fraction of sp³-hybridized carbons (Fsp3) is 0.727. The molecule has 1 fully saturated rings. The number of hydrogen-bond donors (Lipinski definition) is 2. The largest absolute Gasteiger partial charge is 0.404 e. The maximum Gasteiger partial charge on any atom is 0.404 e. The van der Waals surface area contributed by atoms with E-state index in [2.05, 4.69) is 17.2 Å². The minimum Gasteiger partial charge on any atom is -0.353 e. The molecule has 1 amide bonds. The van der Waals surface area contributed by atoms with Gasteiger partial charge >= 0.3 is 6.18 Å². The van der Waals surface area contributed by atoms with Crippen LogP contribution in [0.1, 0.15) is 19.8 Å². The number of carbonyl (C=O) groups excluding carboxylic acids is 1. The van der Waals surface area contributed by atoms with Crippen molar-refractivity contribution in [2.75, 3.05) is 13.1 Å². The molecule has 6 heteroatoms. The van der Waals surface area contributed by atoms with Crippen molar-refractivity contribution in [3.05, 3.63) is 12.7 Å². The third kappa shape index (κ3) is 2.80. The van der Waals surface area contributed by atoms with Gasteiger partial charge < -0.3 is 10.6 Å². The van der Waals surface area contributed by atoms with Gasteiger partial charge in [-0.15, -0.1) is 6.58 Å². The molecule has 1 saturated heterocycles. The van der Waals surface area contributed by atoms with Crippen LogP contribution < -0.4 is 10.6 Å². The highest BCUT2D eigenvalue weighted by molar-refractivity contribution is 5.84. The van der Waals surface area contributed by atoms with Gasteiger partial charge in [0.2, 0.25) is 5.91 Å². The summed E-state index contributed by atoms with van der Waals surface area (Å²) in [6, 6.07) is -0.333. The average Bonchev–Trinajstić information content (AvgIpc) is 2.66. The Hall–Kier alpha value is -1.04. The second-order valence-electron chi connectivity index (χ2n) is 4.41. The predicted molar refractivity (Wildman–Crippen MR) is 58.4 cm³/mol. The van der Waals surface area contributed by atoms with Gasteiger partial charge in [0.25, 0.3) is 0 Å². The zero-order chi connectivity index (χ0) is 13.1. The van der Waals surface area contributed by atoms with E-state index >= 15 is 0 Å². The third-order valence-electron chi connectivity index (χ3n) is 3.03. The molecular weight excluding hydrogens is 233 g/mol. The molecule has 0 radical (unpaired) electrons. The second-order valence-corrected chi connectivity index (χ2v) is 4.41. The monoisotopic (exact) mass is 250 g/mol. The summed E-state index contributed by atoms with van der Waals surface area (Å²) in [5, 5.41) is 5.00. The number of nitrogens with one attached hydrogen (secondary N) is 2. The van der Waals surface area contributed by atoms with Crippen molar-refractivity contribution in [2.24, 2.45) is 5.41 Å². The molecule has 2 atom stereocenters. The summed E-state index contributed by atoms with van der Waals surface area (Å²) in [5.41, 5.74) is -2.28. The summed E-state index contributed by atoms with van der Waals surface area (Å²) >= 11 is 0. The van der Waals surface area contributed by atoms with E-state index in [0.29, 0.717) is 6.42 Å². The Morgan fingerprint density at radius 3 is 2.71 bits per heavy atom. The lowest BCUT2D eigenvalue weighted by Crippen LogP contribution is -2.53. The summed E-state index contributed by atoms with van der Waals surface area (Å²) in [4.78, 5) is 11.8. The minimum atomic E-state index is -4.52. The van der Waals surface area contributed by atoms with Crippen LogP contribution in [0.4, 0.5) is 13.2 Å². The van der Waals surface area contributed by atoms with E-state index in [0.717, 1.165) is 0 Å². The Morgan fingerprint density at radius 2 is 2.29 bits per heavy atom. The lowest BCUT2D eigenvalue weighted by molar-refractivity contribution is -0.216. The van der Waals surface area contributed by atoms with E-state index in [-0.39, 0.29) is 25.6 Å². The summed E-state index contributed by atoms with van der Waals surface area (Å²) in [6.45, 7) is 5.01. The highest BCUT2D eigenvalue weighted by atomic mass is 19.4. The van der Waals surface area contributed by atoms with E-state index in [1.165, 1.54) is 0 Å². The van der Waals surface area contributed by atoms with Crippen molar-refractivity contribution < 1.29 is 18.0 Å². The molecule has 2 unspecified atom stereocenters. The molecule has 3 nitrogen and oxygen atoms in total. The Labute approximate surface area is 98.5 Å². The molecule has 98 valence electrons. The van der Waals surface area contributed by atoms with E-state index in [4.69, 9.17) is 0 Å². The van der Waals surface area contributed by atoms with Crippen molar-refractivity contribution in [2.45, 2.75) is 32.0 Å². The van der Waals surface area contributed by atoms with Gasteiger partial charge in [0.15, 0.2) is 5.41 Å². The number of rotatable bonds is 4. The summed E-state index contributed by atoms with van der Waals surface area (Å²) in [7, 11) is 0. The average molecular weight is 250 g/mol. The molecular formula is C11H17F3N2O. The molecule has 0 aromatic heterocycles. The Bertz CT molecular complexity index is 296. The maximum absolute atomic E-state index is 13.0. The van der Waals surface area contributed by atoms with Gasteiger partial charge in [-0.05, 0) is 26.3 Å². The Morgan fingerprint density at radius 1 is 1.65 bits per heavy atom. The molecule has 1 heterocycles. The maximum atomic E-state index is 13.0. The first kappa shape index (κ1) is 14.0. The SMILES string of the molecule is C=CCC(C)NC(=O)C1(C(F)(F)F)CCNC1. The first-order chi connectivity index (χ1) is 7.83. The van der Waals surface area contributed by atoms with Crippen LogP contribution in [0, 0.1) is 5.41 Å². The number of alkyl halides is 3. The van der Waals surface area contributed by atoms with Crippen LogP contribution in [0.15, 0.2) is 12.7 Å². The van der Waals surface area contributed by atoms with Crippen molar-refractivity contribution in [1.82, 2.24) is 10.6 Å². The lowest BCUT2D eigenvalue weighted by Gasteiger charge is -2.30. The molecule has 0 aliphatic carbocycles. The topological polar surface area (TPSA) is 41.1 Å². The molecule has 1 aliphatic heterocycles. The fourth-order valence-corrected chi connectivity index (χ4v) is 1.93. The zero-order valence-electron chi connectivity index (χ0n) is 9.73. The quantitative estimate of drug-likeness (QED) is 0.744. The number of amides is 1. The molecule has 0 saturated carbocycles. The lowest BCUT2D eigenvalue weighted by atomic mass is 9.85. The number of hydrogen-bond acceptors (Lipinski definition) is 2. The van der Waals surface area contributed by atoms with Gasteiger partial charge in [0.05, 0.1) is 0 Å². The smallest absolute Gasteiger partial charge is 0.353 e. The molecule has 0 aromatic rings. The van der Waals surface area contributed by atoms with Crippen molar-refractivity contribution >= 4 is 5.91 Å². The normalized spacial score (nSPS) is 26.6. The first-order valence-electron chi connectivity index (χ1n) is 5.53. The highest BCUT2D eigenvalue weighted by Gasteiger charge is 2.61. The molecule has 17 heavy (non-hydrogen) atoms. The van der Waals surface area contributed by atoms with Gasteiger partial charge in [-0.3, -0.25) is 4.79 Å². The van der Waals surface area contributed by atoms with Crippen LogP contribution >= 0.6 is 0 Å². The molecule has 2 N–H and O–H groups in total. The number of carbonyl (C=O) groups is 1. The van der Waals surface area contributed by atoms with Crippen LogP contribution in [-0.2, 0) is 4.79 Å². The Kier molecular flexibility index (Phi) is 4.19. The highest BCUT2D eigenvalue weighted by Crippen LogP contribution is 2.43. The van der Waals surface area contributed by atoms with Crippen LogP contribution in [0.3, 0.4) is 0 Å². The predicted octanol–water partition coefficient (Wildman–Crippen LogP) is 1.61. The van der Waals surface area contributed by atoms with Crippen LogP contribution in [0.2, 0.25) is 0 Å². The van der Waals surface area contributed by atoms with Gasteiger partial charge in [-0.1, -0.05) is 6.08 Å². The first-order valence-corrected chi connectivity index (χ1v) is 5.53. The van der Waals surface area contributed by atoms with Crippen LogP contribution in [-0.4, -0.2) is 31.2 Å². The van der Waals surface area contributed by atoms with E-state index in [1.807, 2.05) is 0 Å². The molecule has 0 aromatic carbocycles. The summed E-state index contributed by atoms with van der Waals surface area (Å²) < 4.78 is 38.9. The summed E-state index contributed by atoms with van der Waals surface area (Å²) in [5.74, 6) is -0.940. The van der Waals surface area contributed by atoms with E-state index in [1.54, 1.807) is 13.0 Å². The molecule has 0 bridgehead atoms. The van der Waals surface area contributed by atoms with Crippen LogP contribution in [0.5, 0.6) is 0 Å². The van der Waals surface area contributed by atoms with E-state index < -0.39 is 17.5 Å². The van der Waals surface area contributed by atoms with Crippen molar-refractivity contribution in [3.8, 4) is 0 Å². The zero-order valence-corrected chi connectivity index (χ0v) is 9.73. The molecule has 0 spiro atoms. The van der Waals surface area contributed by atoms with Crippen molar-refractivity contribution in [3.63, 3.8) is 0 Å². The standard InChI is InChI=1S/C11H17F3N2O/c1-3-4-8(2)16-9(17)10(11(12,13)14)5-6-15-7-10/h3,8,15H,1,4-7H2,2H3,(H,16,17). The van der Waals surface area contributed by atoms with Crippen LogP contribution in [0.25, 0.3) is 0 Å². The molecule has 1 rings (SSSR count). The van der Waals surface area contributed by atoms with Gasteiger partial charge in [-0.2, -0.15) is 13.2 Å². The second kappa shape index (κ2) is 5.08. The third-order valence-corrected chi connectivity index (χ3v) is 3.03. The van der Waals surface area contributed by atoms with Gasteiger partial charge in [0, 0.05) is 12.6 Å². The van der Waals surface area contributed by atoms with E-state index in [9.17, 15) is 18.0 Å². The molecule has 1 aliphatic rings. The fourth-order valence-electron chi connectivity index (χ4n) is 1.93. The minimum absolute atomic E-state index is 0.205. The van der Waals surface area contributed by atoms with Gasteiger partial charge in [0.1, 0.15) is 0 Å². The number of halogens is 3. The van der Waals surface area contributed by atoms with Crippen molar-refractivity contribution in [1.29, 1.82) is 0 Å². The summed E-state index contributed by atoms with van der Waals surface area (Å²) in [6.07, 6.45) is -2.71.